The van der Waals surface area contributed by atoms with Crippen LogP contribution in [0.4, 0.5) is 13.6 Å². The van der Waals surface area contributed by atoms with Crippen LogP contribution in [0, 0.1) is 11.6 Å². The van der Waals surface area contributed by atoms with Crippen molar-refractivity contribution >= 4 is 23.0 Å². The molecule has 8 heteroatoms. The Morgan fingerprint density at radius 1 is 1.29 bits per heavy atom. The lowest BCUT2D eigenvalue weighted by atomic mass is 10.0. The zero-order chi connectivity index (χ0) is 18.1. The van der Waals surface area contributed by atoms with Crippen LogP contribution in [0.25, 0.3) is 10.9 Å². The van der Waals surface area contributed by atoms with Gasteiger partial charge in [0, 0.05) is 29.6 Å². The molecule has 0 saturated carbocycles. The standard InChI is InChI=1S/C16H18F2N2O4/c1-16(2,3)24-15(23)20-13(14(21)22)4-8-7-19-12-6-11(18)10(17)5-9(8)12/h5-7,13,19H,4H2,1-3H3,(H,20,23)(H,21,22). The number of nitrogens with one attached hydrogen (secondary N) is 2. The molecular formula is C16H18F2N2O4. The number of aromatic amines is 1. The van der Waals surface area contributed by atoms with E-state index < -0.39 is 35.3 Å². The average Bonchev–Trinajstić information content (AvgIpc) is 2.79. The van der Waals surface area contributed by atoms with Crippen molar-refractivity contribution in [2.75, 3.05) is 0 Å². The van der Waals surface area contributed by atoms with Crippen molar-refractivity contribution in [2.45, 2.75) is 38.8 Å². The normalized spacial score (nSPS) is 12.9. The van der Waals surface area contributed by atoms with Crippen molar-refractivity contribution in [1.29, 1.82) is 0 Å². The molecule has 0 spiro atoms. The highest BCUT2D eigenvalue weighted by molar-refractivity contribution is 5.85. The number of carbonyl (C=O) groups excluding carboxylic acids is 1. The Kier molecular flexibility index (Phi) is 4.77. The van der Waals surface area contributed by atoms with Crippen LogP contribution in [0.2, 0.25) is 0 Å². The maximum Gasteiger partial charge on any atom is 0.408 e. The van der Waals surface area contributed by atoms with E-state index in [1.165, 1.54) is 6.20 Å². The SMILES string of the molecule is CC(C)(C)OC(=O)NC(Cc1c[nH]c2cc(F)c(F)cc12)C(=O)O. The Morgan fingerprint density at radius 2 is 1.92 bits per heavy atom. The average molecular weight is 340 g/mol. The van der Waals surface area contributed by atoms with Crippen molar-refractivity contribution in [2.24, 2.45) is 0 Å². The van der Waals surface area contributed by atoms with E-state index in [4.69, 9.17) is 4.74 Å². The number of hydrogen-bond acceptors (Lipinski definition) is 3. The van der Waals surface area contributed by atoms with Gasteiger partial charge in [-0.25, -0.2) is 18.4 Å². The lowest BCUT2D eigenvalue weighted by molar-refractivity contribution is -0.139. The number of H-pyrrole nitrogens is 1. The summed E-state index contributed by atoms with van der Waals surface area (Å²) in [4.78, 5) is 25.9. The number of hydrogen-bond donors (Lipinski definition) is 3. The Bertz CT molecular complexity index is 780. The molecule has 0 aliphatic rings. The lowest BCUT2D eigenvalue weighted by Crippen LogP contribution is -2.44. The predicted octanol–water partition coefficient (Wildman–Crippen LogP) is 2.97. The van der Waals surface area contributed by atoms with Gasteiger partial charge in [-0.3, -0.25) is 0 Å². The van der Waals surface area contributed by atoms with Crippen molar-refractivity contribution in [3.05, 3.63) is 35.5 Å². The van der Waals surface area contributed by atoms with Crippen LogP contribution in [-0.2, 0) is 16.0 Å². The molecule has 0 saturated heterocycles. The number of fused-ring (bicyclic) bond motifs is 1. The minimum absolute atomic E-state index is 0.111. The number of carboxylic acid groups (broad SMARTS) is 1. The molecule has 1 aromatic carbocycles. The number of alkyl carbamates (subject to hydrolysis) is 1. The zero-order valence-electron chi connectivity index (χ0n) is 13.4. The third kappa shape index (κ3) is 4.21. The van der Waals surface area contributed by atoms with Crippen LogP contribution in [0.3, 0.4) is 0 Å². The minimum atomic E-state index is -1.27. The van der Waals surface area contributed by atoms with Crippen molar-refractivity contribution in [1.82, 2.24) is 10.3 Å². The van der Waals surface area contributed by atoms with Crippen molar-refractivity contribution in [3.63, 3.8) is 0 Å². The quantitative estimate of drug-likeness (QED) is 0.798. The molecule has 6 nitrogen and oxygen atoms in total. The fourth-order valence-electron chi connectivity index (χ4n) is 2.21. The molecule has 130 valence electrons. The first-order valence-electron chi connectivity index (χ1n) is 7.24. The second kappa shape index (κ2) is 6.46. The first kappa shape index (κ1) is 17.7. The second-order valence-electron chi connectivity index (χ2n) is 6.37. The Hall–Kier alpha value is -2.64. The number of benzene rings is 1. The molecule has 1 heterocycles. The van der Waals surface area contributed by atoms with Gasteiger partial charge in [0.15, 0.2) is 11.6 Å². The topological polar surface area (TPSA) is 91.4 Å². The summed E-state index contributed by atoms with van der Waals surface area (Å²) in [5.41, 5.74) is 0.00634. The van der Waals surface area contributed by atoms with Crippen LogP contribution >= 0.6 is 0 Å². The van der Waals surface area contributed by atoms with E-state index in [1.54, 1.807) is 20.8 Å². The number of halogens is 2. The summed E-state index contributed by atoms with van der Waals surface area (Å²) in [6, 6.07) is 0.709. The molecule has 0 bridgehead atoms. The number of amides is 1. The van der Waals surface area contributed by atoms with E-state index in [-0.39, 0.29) is 6.42 Å². The summed E-state index contributed by atoms with van der Waals surface area (Å²) in [7, 11) is 0. The summed E-state index contributed by atoms with van der Waals surface area (Å²) in [5, 5.41) is 11.9. The number of carboxylic acids is 1. The van der Waals surface area contributed by atoms with Gasteiger partial charge in [-0.2, -0.15) is 0 Å². The van der Waals surface area contributed by atoms with Crippen LogP contribution in [0.5, 0.6) is 0 Å². The molecule has 0 radical (unpaired) electrons. The van der Waals surface area contributed by atoms with Crippen molar-refractivity contribution < 1.29 is 28.2 Å². The maximum absolute atomic E-state index is 13.4. The molecule has 1 amide bonds. The highest BCUT2D eigenvalue weighted by atomic mass is 19.2. The summed E-state index contributed by atoms with van der Waals surface area (Å²) in [5.74, 6) is -3.30. The molecule has 1 unspecified atom stereocenters. The first-order valence-corrected chi connectivity index (χ1v) is 7.24. The third-order valence-corrected chi connectivity index (χ3v) is 3.22. The van der Waals surface area contributed by atoms with Gasteiger partial charge in [-0.1, -0.05) is 0 Å². The van der Waals surface area contributed by atoms with Crippen molar-refractivity contribution in [3.8, 4) is 0 Å². The smallest absolute Gasteiger partial charge is 0.408 e. The van der Waals surface area contributed by atoms with Gasteiger partial charge >= 0.3 is 12.1 Å². The Balaban J connectivity index is 2.21. The van der Waals surface area contributed by atoms with Gasteiger partial charge in [0.1, 0.15) is 11.6 Å². The number of rotatable bonds is 4. The molecule has 2 aromatic rings. The molecule has 0 aliphatic heterocycles. The summed E-state index contributed by atoms with van der Waals surface area (Å²) in [6.45, 7) is 4.96. The Morgan fingerprint density at radius 3 is 2.50 bits per heavy atom. The van der Waals surface area contributed by atoms with E-state index in [9.17, 15) is 23.5 Å². The molecule has 3 N–H and O–H groups in total. The molecule has 1 atom stereocenters. The van der Waals surface area contributed by atoms with Gasteiger partial charge in [-0.15, -0.1) is 0 Å². The van der Waals surface area contributed by atoms with Gasteiger partial charge in [0.25, 0.3) is 0 Å². The van der Waals surface area contributed by atoms with E-state index >= 15 is 0 Å². The molecule has 24 heavy (non-hydrogen) atoms. The number of ether oxygens (including phenoxy) is 1. The third-order valence-electron chi connectivity index (χ3n) is 3.22. The molecular weight excluding hydrogens is 322 g/mol. The number of aromatic nitrogens is 1. The summed E-state index contributed by atoms with van der Waals surface area (Å²) >= 11 is 0. The maximum atomic E-state index is 13.4. The predicted molar refractivity (Wildman–Crippen MR) is 82.7 cm³/mol. The van der Waals surface area contributed by atoms with Gasteiger partial charge in [-0.05, 0) is 32.4 Å². The van der Waals surface area contributed by atoms with Crippen LogP contribution in [-0.4, -0.2) is 33.8 Å². The van der Waals surface area contributed by atoms with Gasteiger partial charge in [0.05, 0.1) is 0 Å². The van der Waals surface area contributed by atoms with Crippen LogP contribution in [0.15, 0.2) is 18.3 Å². The zero-order valence-corrected chi connectivity index (χ0v) is 13.4. The first-order chi connectivity index (χ1) is 11.1. The lowest BCUT2D eigenvalue weighted by Gasteiger charge is -2.22. The van der Waals surface area contributed by atoms with E-state index in [0.29, 0.717) is 16.5 Å². The fourth-order valence-corrected chi connectivity index (χ4v) is 2.21. The molecule has 1 aromatic heterocycles. The fraction of sp³-hybridized carbons (Fsp3) is 0.375. The summed E-state index contributed by atoms with van der Waals surface area (Å²) < 4.78 is 31.6. The monoisotopic (exact) mass is 340 g/mol. The largest absolute Gasteiger partial charge is 0.480 e. The van der Waals surface area contributed by atoms with E-state index in [0.717, 1.165) is 12.1 Å². The molecule has 2 rings (SSSR count). The second-order valence-corrected chi connectivity index (χ2v) is 6.37. The highest BCUT2D eigenvalue weighted by Gasteiger charge is 2.25. The Labute approximate surface area is 136 Å². The number of carbonyl (C=O) groups is 2. The highest BCUT2D eigenvalue weighted by Crippen LogP contribution is 2.23. The molecule has 0 fully saturated rings. The minimum Gasteiger partial charge on any atom is -0.480 e. The number of aliphatic carboxylic acids is 1. The van der Waals surface area contributed by atoms with Gasteiger partial charge in [0.2, 0.25) is 0 Å². The van der Waals surface area contributed by atoms with Crippen LogP contribution in [0.1, 0.15) is 26.3 Å². The van der Waals surface area contributed by atoms with Crippen LogP contribution < -0.4 is 5.32 Å². The van der Waals surface area contributed by atoms with E-state index in [1.807, 2.05) is 0 Å². The molecule has 0 aliphatic carbocycles. The van der Waals surface area contributed by atoms with Gasteiger partial charge < -0.3 is 20.1 Å². The van der Waals surface area contributed by atoms with E-state index in [2.05, 4.69) is 10.3 Å². The summed E-state index contributed by atoms with van der Waals surface area (Å²) in [6.07, 6.45) is 0.475.